The summed E-state index contributed by atoms with van der Waals surface area (Å²) in [7, 11) is 1.90. The number of primary amides is 1. The van der Waals surface area contributed by atoms with E-state index in [1.54, 1.807) is 36.2 Å². The molecule has 1 aromatic rings. The first-order valence-electron chi connectivity index (χ1n) is 9.34. The van der Waals surface area contributed by atoms with Crippen LogP contribution >= 0.6 is 11.8 Å². The van der Waals surface area contributed by atoms with E-state index in [4.69, 9.17) is 10.5 Å². The third-order valence-electron chi connectivity index (χ3n) is 3.41. The van der Waals surface area contributed by atoms with Gasteiger partial charge >= 0.3 is 6.09 Å². The number of ether oxygens (including phenoxy) is 1. The smallest absolute Gasteiger partial charge is 0.409 e. The van der Waals surface area contributed by atoms with Crippen LogP contribution in [0, 0.1) is 5.92 Å². The highest BCUT2D eigenvalue weighted by Crippen LogP contribution is 2.29. The lowest BCUT2D eigenvalue weighted by molar-refractivity contribution is 0.211. The number of amides is 1. The van der Waals surface area contributed by atoms with Crippen molar-refractivity contribution >= 4 is 24.6 Å². The summed E-state index contributed by atoms with van der Waals surface area (Å²) in [6.07, 6.45) is 10.2. The highest BCUT2D eigenvalue weighted by atomic mass is 32.2. The molecule has 0 aliphatic heterocycles. The summed E-state index contributed by atoms with van der Waals surface area (Å²) >= 11 is 1.65. The van der Waals surface area contributed by atoms with E-state index in [1.807, 2.05) is 36.7 Å². The van der Waals surface area contributed by atoms with E-state index in [1.165, 1.54) is 11.1 Å². The van der Waals surface area contributed by atoms with Gasteiger partial charge in [0.1, 0.15) is 5.75 Å². The predicted molar refractivity (Wildman–Crippen MR) is 134 cm³/mol. The number of thioether (sulfide) groups is 1. The summed E-state index contributed by atoms with van der Waals surface area (Å²) in [5.74, 6) is 2.16. The lowest BCUT2D eigenvalue weighted by Gasteiger charge is -2.03. The number of nitrogens with zero attached hydrogens (tertiary/aromatic N) is 1. The Morgan fingerprint density at radius 2 is 1.87 bits per heavy atom. The Bertz CT molecular complexity index is 690. The highest BCUT2D eigenvalue weighted by molar-refractivity contribution is 8.02. The van der Waals surface area contributed by atoms with Gasteiger partial charge in [-0.25, -0.2) is 4.79 Å². The summed E-state index contributed by atoms with van der Waals surface area (Å²) in [5.41, 5.74) is 7.57. The Kier molecular flexibility index (Phi) is 20.5. The van der Waals surface area contributed by atoms with Gasteiger partial charge in [0.05, 0.1) is 0 Å². The van der Waals surface area contributed by atoms with Gasteiger partial charge in [0, 0.05) is 12.1 Å². The molecule has 6 heteroatoms. The van der Waals surface area contributed by atoms with E-state index in [2.05, 4.69) is 50.3 Å². The lowest BCUT2D eigenvalue weighted by atomic mass is 10.1. The maximum atomic E-state index is 10.5. The normalized spacial score (nSPS) is 13.5. The molecule has 0 bridgehead atoms. The number of carbonyl (C=O) groups is 1. The Morgan fingerprint density at radius 1 is 1.27 bits per heavy atom. The van der Waals surface area contributed by atoms with Gasteiger partial charge in [-0.05, 0) is 61.2 Å². The fraction of sp³-hybridized carbons (Fsp3) is 0.250. The number of allylic oxidation sites excluding steroid dienone is 4. The second kappa shape index (κ2) is 20.9. The van der Waals surface area contributed by atoms with Crippen LogP contribution in [0.5, 0.6) is 5.75 Å². The van der Waals surface area contributed by atoms with Gasteiger partial charge in [-0.2, -0.15) is 0 Å². The van der Waals surface area contributed by atoms with Crippen LogP contribution in [0.4, 0.5) is 4.79 Å². The highest BCUT2D eigenvalue weighted by Gasteiger charge is 2.18. The molecule has 0 radical (unpaired) electrons. The zero-order chi connectivity index (χ0) is 23.2. The summed E-state index contributed by atoms with van der Waals surface area (Å²) in [4.78, 5) is 14.1. The zero-order valence-electron chi connectivity index (χ0n) is 18.2. The molecule has 5 nitrogen and oxygen atoms in total. The molecule has 1 atom stereocenters. The molecule has 1 aliphatic carbocycles. The van der Waals surface area contributed by atoms with Gasteiger partial charge in [0.25, 0.3) is 0 Å². The minimum absolute atomic E-state index is 0.547. The predicted octanol–water partition coefficient (Wildman–Crippen LogP) is 5.66. The van der Waals surface area contributed by atoms with Crippen molar-refractivity contribution in [2.75, 3.05) is 12.9 Å². The number of carbonyl (C=O) groups excluding carboxylic acids is 1. The third-order valence-corrected chi connectivity index (χ3v) is 4.18. The molecule has 30 heavy (non-hydrogen) atoms. The van der Waals surface area contributed by atoms with Crippen molar-refractivity contribution in [2.45, 2.75) is 19.8 Å². The van der Waals surface area contributed by atoms with Crippen LogP contribution in [0.2, 0.25) is 0 Å². The van der Waals surface area contributed by atoms with Crippen LogP contribution in [0.15, 0.2) is 85.4 Å². The number of rotatable bonds is 7. The minimum Gasteiger partial charge on any atom is -0.410 e. The molecule has 3 N–H and O–H groups in total. The maximum absolute atomic E-state index is 10.5. The molecule has 1 unspecified atom stereocenters. The van der Waals surface area contributed by atoms with Crippen molar-refractivity contribution in [2.24, 2.45) is 16.6 Å². The molecule has 0 heterocycles. The second-order valence-corrected chi connectivity index (χ2v) is 6.75. The summed E-state index contributed by atoms with van der Waals surface area (Å²) < 4.78 is 4.81. The zero-order valence-corrected chi connectivity index (χ0v) is 19.0. The van der Waals surface area contributed by atoms with E-state index in [-0.39, 0.29) is 0 Å². The fourth-order valence-electron chi connectivity index (χ4n) is 2.37. The van der Waals surface area contributed by atoms with Crippen LogP contribution in [-0.4, -0.2) is 25.7 Å². The van der Waals surface area contributed by atoms with Crippen molar-refractivity contribution < 1.29 is 9.53 Å². The Labute approximate surface area is 186 Å². The Morgan fingerprint density at radius 3 is 2.37 bits per heavy atom. The minimum atomic E-state index is -0.754. The number of aliphatic imine (C=N–C) groups is 1. The SMILES string of the molecule is C=C.C=C/C=C\C=C.C=N/C=C\SCNC.CC1Cc2ccc(OC(N)=O)cc2C1. The van der Waals surface area contributed by atoms with Gasteiger partial charge in [-0.3, -0.25) is 4.99 Å². The van der Waals surface area contributed by atoms with E-state index in [0.717, 1.165) is 18.7 Å². The molecule has 0 aromatic heterocycles. The first-order chi connectivity index (χ1) is 14.5. The van der Waals surface area contributed by atoms with Crippen LogP contribution in [-0.2, 0) is 12.8 Å². The molecule has 164 valence electrons. The molecule has 1 aromatic carbocycles. The number of fused-ring (bicyclic) bond motifs is 1. The molecule has 0 fully saturated rings. The van der Waals surface area contributed by atoms with E-state index >= 15 is 0 Å². The van der Waals surface area contributed by atoms with E-state index < -0.39 is 6.09 Å². The first-order valence-corrected chi connectivity index (χ1v) is 10.4. The molecule has 0 spiro atoms. The third kappa shape index (κ3) is 16.2. The number of hydrogen-bond donors (Lipinski definition) is 2. The van der Waals surface area contributed by atoms with Crippen LogP contribution < -0.4 is 15.8 Å². The van der Waals surface area contributed by atoms with Gasteiger partial charge in [0.15, 0.2) is 0 Å². The average Bonchev–Trinajstić information content (AvgIpc) is 3.11. The summed E-state index contributed by atoms with van der Waals surface area (Å²) in [5, 5.41) is 4.87. The van der Waals surface area contributed by atoms with Crippen LogP contribution in [0.3, 0.4) is 0 Å². The van der Waals surface area contributed by atoms with Crippen molar-refractivity contribution in [3.8, 4) is 5.75 Å². The average molecular weight is 430 g/mol. The molecule has 1 aliphatic rings. The van der Waals surface area contributed by atoms with Crippen LogP contribution in [0.25, 0.3) is 0 Å². The van der Waals surface area contributed by atoms with Crippen molar-refractivity contribution in [1.82, 2.24) is 5.32 Å². The molecule has 0 saturated heterocycles. The largest absolute Gasteiger partial charge is 0.410 e. The molecule has 0 saturated carbocycles. The molecular formula is C24H35N3O2S. The Balaban J connectivity index is 0. The lowest BCUT2D eigenvalue weighted by Crippen LogP contribution is -2.16. The number of nitrogens with one attached hydrogen (secondary N) is 1. The molecular weight excluding hydrogens is 394 g/mol. The van der Waals surface area contributed by atoms with Crippen molar-refractivity contribution in [3.63, 3.8) is 0 Å². The van der Waals surface area contributed by atoms with Crippen molar-refractivity contribution in [3.05, 3.63) is 91.6 Å². The monoisotopic (exact) mass is 429 g/mol. The summed E-state index contributed by atoms with van der Waals surface area (Å²) in [6, 6.07) is 5.71. The van der Waals surface area contributed by atoms with Crippen molar-refractivity contribution in [1.29, 1.82) is 0 Å². The quantitative estimate of drug-likeness (QED) is 0.193. The fourth-order valence-corrected chi connectivity index (χ4v) is 2.80. The van der Waals surface area contributed by atoms with Gasteiger partial charge in [-0.1, -0.05) is 50.5 Å². The van der Waals surface area contributed by atoms with E-state index in [9.17, 15) is 4.79 Å². The standard InChI is InChI=1S/C11H13NO2.C6H8.C5H10N2S.C2H4/c1-7-4-8-2-3-10(14-11(12)13)6-9(8)5-7;1-3-5-6-4-2;1-6-3-4-8-5-7-2;1-2/h2-3,6-7H,4-5H2,1H3,(H2,12,13);3-6H,1-2H2;3-4,7H,1,5H2,2H3;1-2H2/b;6-5-;4-3-;. The second-order valence-electron chi connectivity index (χ2n) is 5.85. The van der Waals surface area contributed by atoms with Gasteiger partial charge in [0.2, 0.25) is 0 Å². The Hall–Kier alpha value is -2.83. The number of nitrogens with two attached hydrogens (primary N) is 1. The van der Waals surface area contributed by atoms with Gasteiger partial charge < -0.3 is 15.8 Å². The van der Waals surface area contributed by atoms with E-state index in [0.29, 0.717) is 11.7 Å². The van der Waals surface area contributed by atoms with Gasteiger partial charge in [-0.15, -0.1) is 24.9 Å². The number of benzene rings is 1. The maximum Gasteiger partial charge on any atom is 0.409 e. The number of hydrogen-bond acceptors (Lipinski definition) is 5. The topological polar surface area (TPSA) is 76.7 Å². The molecule has 1 amide bonds. The summed E-state index contributed by atoms with van der Waals surface area (Å²) in [6.45, 7) is 18.4. The molecule has 2 rings (SSSR count). The van der Waals surface area contributed by atoms with Crippen LogP contribution in [0.1, 0.15) is 18.1 Å². The first kappa shape index (κ1) is 29.4.